The molecule has 4 nitrogen and oxygen atoms in total. The lowest BCUT2D eigenvalue weighted by atomic mass is 9.89. The normalized spacial score (nSPS) is 11.2. The Labute approximate surface area is 108 Å². The van der Waals surface area contributed by atoms with Crippen molar-refractivity contribution in [2.24, 2.45) is 0 Å². The van der Waals surface area contributed by atoms with Gasteiger partial charge in [-0.25, -0.2) is 0 Å². The van der Waals surface area contributed by atoms with Crippen LogP contribution < -0.4 is 5.32 Å². The number of carbonyl (C=O) groups excluding carboxylic acids is 1. The molecule has 0 saturated carbocycles. The summed E-state index contributed by atoms with van der Waals surface area (Å²) in [4.78, 5) is 22.5. The van der Waals surface area contributed by atoms with E-state index < -0.39 is 11.5 Å². The third kappa shape index (κ3) is 6.56. The highest BCUT2D eigenvalue weighted by Gasteiger charge is 2.30. The zero-order valence-corrected chi connectivity index (χ0v) is 11.7. The van der Waals surface area contributed by atoms with E-state index in [1.807, 2.05) is 13.8 Å². The van der Waals surface area contributed by atoms with Crippen LogP contribution in [0, 0.1) is 0 Å². The van der Waals surface area contributed by atoms with Gasteiger partial charge < -0.3 is 10.4 Å². The molecule has 0 aromatic carbocycles. The van der Waals surface area contributed by atoms with E-state index in [9.17, 15) is 9.59 Å². The Morgan fingerprint density at radius 2 is 1.82 bits per heavy atom. The standard InChI is InChI=1S/C12H23NO3S/c1-4-7-17-9-10(14)13-12(5-2,6-3)8-11(15)16/h4-9H2,1-3H3,(H,13,14)(H,15,16). The Morgan fingerprint density at radius 3 is 2.24 bits per heavy atom. The van der Waals surface area contributed by atoms with E-state index in [1.54, 1.807) is 11.8 Å². The van der Waals surface area contributed by atoms with Gasteiger partial charge in [-0.15, -0.1) is 0 Å². The summed E-state index contributed by atoms with van der Waals surface area (Å²) in [6.07, 6.45) is 2.31. The number of hydrogen-bond acceptors (Lipinski definition) is 3. The molecule has 0 aliphatic heterocycles. The minimum atomic E-state index is -0.866. The molecule has 0 aromatic rings. The third-order valence-electron chi connectivity index (χ3n) is 2.83. The van der Waals surface area contributed by atoms with Crippen molar-refractivity contribution in [3.63, 3.8) is 0 Å². The average Bonchev–Trinajstić information content (AvgIpc) is 2.27. The zero-order valence-electron chi connectivity index (χ0n) is 10.9. The van der Waals surface area contributed by atoms with Crippen LogP contribution in [0.15, 0.2) is 0 Å². The number of rotatable bonds is 9. The van der Waals surface area contributed by atoms with Crippen molar-refractivity contribution in [1.29, 1.82) is 0 Å². The monoisotopic (exact) mass is 261 g/mol. The quantitative estimate of drug-likeness (QED) is 0.625. The van der Waals surface area contributed by atoms with Crippen LogP contribution in [0.4, 0.5) is 0 Å². The van der Waals surface area contributed by atoms with Crippen LogP contribution in [0.2, 0.25) is 0 Å². The minimum absolute atomic E-state index is 0.00974. The van der Waals surface area contributed by atoms with Crippen LogP contribution in [-0.4, -0.2) is 34.0 Å². The second-order valence-corrected chi connectivity index (χ2v) is 5.26. The van der Waals surface area contributed by atoms with Crippen molar-refractivity contribution < 1.29 is 14.7 Å². The molecule has 17 heavy (non-hydrogen) atoms. The molecule has 0 unspecified atom stereocenters. The number of carbonyl (C=O) groups is 2. The molecule has 0 fully saturated rings. The molecule has 0 spiro atoms. The number of amides is 1. The molecule has 0 bridgehead atoms. The van der Waals surface area contributed by atoms with Gasteiger partial charge in [-0.3, -0.25) is 9.59 Å². The van der Waals surface area contributed by atoms with Gasteiger partial charge in [-0.05, 0) is 25.0 Å². The van der Waals surface area contributed by atoms with Crippen LogP contribution in [-0.2, 0) is 9.59 Å². The Balaban J connectivity index is 4.32. The molecular weight excluding hydrogens is 238 g/mol. The Hall–Kier alpha value is -0.710. The van der Waals surface area contributed by atoms with Crippen molar-refractivity contribution >= 4 is 23.6 Å². The number of aliphatic carboxylic acids is 1. The van der Waals surface area contributed by atoms with E-state index in [1.165, 1.54) is 0 Å². The summed E-state index contributed by atoms with van der Waals surface area (Å²) in [6, 6.07) is 0. The van der Waals surface area contributed by atoms with E-state index in [-0.39, 0.29) is 12.3 Å². The van der Waals surface area contributed by atoms with Gasteiger partial charge in [0.05, 0.1) is 12.2 Å². The SMILES string of the molecule is CCCSCC(=O)NC(CC)(CC)CC(=O)O. The second-order valence-electron chi connectivity index (χ2n) is 4.16. The number of carboxylic acid groups (broad SMARTS) is 1. The number of hydrogen-bond donors (Lipinski definition) is 2. The van der Waals surface area contributed by atoms with Gasteiger partial charge in [0.1, 0.15) is 0 Å². The van der Waals surface area contributed by atoms with Crippen molar-refractivity contribution in [3.05, 3.63) is 0 Å². The fourth-order valence-corrected chi connectivity index (χ4v) is 2.34. The first-order valence-corrected chi connectivity index (χ1v) is 7.25. The van der Waals surface area contributed by atoms with E-state index in [0.29, 0.717) is 18.6 Å². The van der Waals surface area contributed by atoms with E-state index >= 15 is 0 Å². The summed E-state index contributed by atoms with van der Waals surface area (Å²) in [6.45, 7) is 5.88. The third-order valence-corrected chi connectivity index (χ3v) is 3.99. The predicted octanol–water partition coefficient (Wildman–Crippen LogP) is 2.28. The van der Waals surface area contributed by atoms with Crippen molar-refractivity contribution in [2.75, 3.05) is 11.5 Å². The van der Waals surface area contributed by atoms with Crippen LogP contribution in [0.3, 0.4) is 0 Å². The summed E-state index contributed by atoms with van der Waals surface area (Å²) in [7, 11) is 0. The summed E-state index contributed by atoms with van der Waals surface area (Å²) < 4.78 is 0. The van der Waals surface area contributed by atoms with Gasteiger partial charge in [0, 0.05) is 5.54 Å². The molecule has 0 atom stereocenters. The topological polar surface area (TPSA) is 66.4 Å². The molecule has 1 amide bonds. The van der Waals surface area contributed by atoms with Gasteiger partial charge in [0.15, 0.2) is 0 Å². The second kappa shape index (κ2) is 8.39. The first kappa shape index (κ1) is 16.3. The molecule has 0 aliphatic rings. The van der Waals surface area contributed by atoms with Crippen molar-refractivity contribution in [1.82, 2.24) is 5.32 Å². The van der Waals surface area contributed by atoms with Gasteiger partial charge in [-0.2, -0.15) is 11.8 Å². The van der Waals surface area contributed by atoms with Crippen molar-refractivity contribution in [2.45, 2.75) is 52.0 Å². The molecule has 0 aliphatic carbocycles. The van der Waals surface area contributed by atoms with Gasteiger partial charge in [-0.1, -0.05) is 20.8 Å². The van der Waals surface area contributed by atoms with E-state index in [2.05, 4.69) is 12.2 Å². The van der Waals surface area contributed by atoms with Crippen molar-refractivity contribution in [3.8, 4) is 0 Å². The van der Waals surface area contributed by atoms with Crippen LogP contribution in [0.5, 0.6) is 0 Å². The summed E-state index contributed by atoms with van der Waals surface area (Å²) >= 11 is 1.58. The highest BCUT2D eigenvalue weighted by Crippen LogP contribution is 2.20. The zero-order chi connectivity index (χ0) is 13.3. The van der Waals surface area contributed by atoms with E-state index in [0.717, 1.165) is 12.2 Å². The molecule has 0 heterocycles. The van der Waals surface area contributed by atoms with E-state index in [4.69, 9.17) is 5.11 Å². The van der Waals surface area contributed by atoms with Crippen LogP contribution in [0.1, 0.15) is 46.5 Å². The lowest BCUT2D eigenvalue weighted by molar-refractivity contribution is -0.139. The van der Waals surface area contributed by atoms with Crippen LogP contribution in [0.25, 0.3) is 0 Å². The first-order chi connectivity index (χ1) is 7.99. The lowest BCUT2D eigenvalue weighted by Gasteiger charge is -2.31. The average molecular weight is 261 g/mol. The van der Waals surface area contributed by atoms with Gasteiger partial charge in [0.2, 0.25) is 5.91 Å². The van der Waals surface area contributed by atoms with Gasteiger partial charge >= 0.3 is 5.97 Å². The minimum Gasteiger partial charge on any atom is -0.481 e. The van der Waals surface area contributed by atoms with Gasteiger partial charge in [0.25, 0.3) is 0 Å². The molecule has 0 rings (SSSR count). The number of thioether (sulfide) groups is 1. The largest absolute Gasteiger partial charge is 0.481 e. The summed E-state index contributed by atoms with van der Waals surface area (Å²) in [5.41, 5.74) is -0.588. The molecule has 100 valence electrons. The molecule has 5 heteroatoms. The maximum atomic E-state index is 11.7. The highest BCUT2D eigenvalue weighted by atomic mass is 32.2. The predicted molar refractivity (Wildman–Crippen MR) is 71.3 cm³/mol. The molecule has 2 N–H and O–H groups in total. The fraction of sp³-hybridized carbons (Fsp3) is 0.833. The summed E-state index contributed by atoms with van der Waals surface area (Å²) in [5, 5.41) is 11.8. The number of nitrogens with one attached hydrogen (secondary N) is 1. The maximum absolute atomic E-state index is 11.7. The highest BCUT2D eigenvalue weighted by molar-refractivity contribution is 7.99. The maximum Gasteiger partial charge on any atom is 0.305 e. The molecule has 0 aromatic heterocycles. The Bertz CT molecular complexity index is 252. The Morgan fingerprint density at radius 1 is 1.24 bits per heavy atom. The smallest absolute Gasteiger partial charge is 0.305 e. The Kier molecular flexibility index (Phi) is 8.04. The first-order valence-electron chi connectivity index (χ1n) is 6.10. The molecule has 0 saturated heterocycles. The van der Waals surface area contributed by atoms with Crippen LogP contribution >= 0.6 is 11.8 Å². The lowest BCUT2D eigenvalue weighted by Crippen LogP contribution is -2.49. The fourth-order valence-electron chi connectivity index (χ4n) is 1.65. The summed E-state index contributed by atoms with van der Waals surface area (Å²) in [5.74, 6) is 0.441. The number of carboxylic acids is 1. The molecule has 0 radical (unpaired) electrons. The molecular formula is C12H23NO3S.